The predicted molar refractivity (Wildman–Crippen MR) is 106 cm³/mol. The molecule has 1 spiro atoms. The fourth-order valence-corrected chi connectivity index (χ4v) is 4.76. The van der Waals surface area contributed by atoms with Gasteiger partial charge in [-0.05, 0) is 67.0 Å². The Balaban J connectivity index is 1.26. The highest BCUT2D eigenvalue weighted by Gasteiger charge is 2.45. The lowest BCUT2D eigenvalue weighted by molar-refractivity contribution is -0.123. The maximum absolute atomic E-state index is 13.4. The largest absolute Gasteiger partial charge is 0.326 e. The zero-order valence-electron chi connectivity index (χ0n) is 15.6. The first-order valence-corrected chi connectivity index (χ1v) is 10.0. The van der Waals surface area contributed by atoms with E-state index in [1.54, 1.807) is 6.07 Å². The van der Waals surface area contributed by atoms with Gasteiger partial charge in [-0.1, -0.05) is 23.7 Å². The molecular formula is C22H23ClF2N2O. The lowest BCUT2D eigenvalue weighted by atomic mass is 9.65. The Kier molecular flexibility index (Phi) is 5.39. The minimum Gasteiger partial charge on any atom is -0.326 e. The summed E-state index contributed by atoms with van der Waals surface area (Å²) in [4.78, 5) is 14.9. The number of anilines is 1. The number of carbonyl (C=O) groups is 1. The van der Waals surface area contributed by atoms with Crippen LogP contribution in [0, 0.1) is 23.0 Å². The third kappa shape index (κ3) is 4.36. The van der Waals surface area contributed by atoms with Crippen LogP contribution < -0.4 is 5.32 Å². The first kappa shape index (κ1) is 19.3. The van der Waals surface area contributed by atoms with Crippen LogP contribution in [0.25, 0.3) is 0 Å². The Bertz CT molecular complexity index is 835. The molecule has 0 atom stereocenters. The van der Waals surface area contributed by atoms with Crippen molar-refractivity contribution in [1.82, 2.24) is 4.90 Å². The molecule has 1 aliphatic carbocycles. The molecule has 1 saturated carbocycles. The standard InChI is InChI=1S/C22H23ClF2N2O/c23-17-9-19(25)11-20(10-17)26-21(28)16-5-7-22(8-6-16)13-27(14-22)12-15-1-3-18(24)4-2-15/h1-4,9-11,16H,5-8,12-14H2,(H,26,28). The van der Waals surface area contributed by atoms with Gasteiger partial charge in [0.05, 0.1) is 0 Å². The van der Waals surface area contributed by atoms with Crippen molar-refractivity contribution in [3.63, 3.8) is 0 Å². The lowest BCUT2D eigenvalue weighted by Crippen LogP contribution is -2.57. The molecule has 0 aromatic heterocycles. The molecule has 2 aromatic carbocycles. The van der Waals surface area contributed by atoms with E-state index in [1.165, 1.54) is 24.3 Å². The highest BCUT2D eigenvalue weighted by Crippen LogP contribution is 2.46. The molecule has 1 N–H and O–H groups in total. The Morgan fingerprint density at radius 2 is 1.75 bits per heavy atom. The second kappa shape index (κ2) is 7.80. The molecule has 1 aliphatic heterocycles. The highest BCUT2D eigenvalue weighted by atomic mass is 35.5. The highest BCUT2D eigenvalue weighted by molar-refractivity contribution is 6.30. The minimum atomic E-state index is -0.457. The third-order valence-corrected chi connectivity index (χ3v) is 6.20. The van der Waals surface area contributed by atoms with Gasteiger partial charge >= 0.3 is 0 Å². The van der Waals surface area contributed by atoms with E-state index in [1.807, 2.05) is 12.1 Å². The SMILES string of the molecule is O=C(Nc1cc(F)cc(Cl)c1)C1CCC2(CC1)CN(Cc1ccc(F)cc1)C2. The van der Waals surface area contributed by atoms with E-state index < -0.39 is 5.82 Å². The number of benzene rings is 2. The Hall–Kier alpha value is -1.98. The van der Waals surface area contributed by atoms with Crippen molar-refractivity contribution in [2.24, 2.45) is 11.3 Å². The summed E-state index contributed by atoms with van der Waals surface area (Å²) in [5.41, 5.74) is 1.83. The van der Waals surface area contributed by atoms with Gasteiger partial charge in [0.15, 0.2) is 0 Å². The molecule has 1 heterocycles. The smallest absolute Gasteiger partial charge is 0.227 e. The maximum Gasteiger partial charge on any atom is 0.227 e. The number of carbonyl (C=O) groups excluding carboxylic acids is 1. The van der Waals surface area contributed by atoms with Gasteiger partial charge in [-0.25, -0.2) is 8.78 Å². The zero-order valence-corrected chi connectivity index (χ0v) is 16.3. The van der Waals surface area contributed by atoms with Crippen LogP contribution >= 0.6 is 11.6 Å². The molecule has 0 bridgehead atoms. The van der Waals surface area contributed by atoms with Gasteiger partial charge in [0, 0.05) is 36.3 Å². The van der Waals surface area contributed by atoms with Crippen molar-refractivity contribution < 1.29 is 13.6 Å². The summed E-state index contributed by atoms with van der Waals surface area (Å²) in [7, 11) is 0. The van der Waals surface area contributed by atoms with E-state index in [-0.39, 0.29) is 22.7 Å². The summed E-state index contributed by atoms with van der Waals surface area (Å²) in [5, 5.41) is 3.07. The van der Waals surface area contributed by atoms with E-state index in [2.05, 4.69) is 10.2 Å². The number of nitrogens with zero attached hydrogens (tertiary/aromatic N) is 1. The second-order valence-electron chi connectivity index (χ2n) is 8.19. The number of rotatable bonds is 4. The van der Waals surface area contributed by atoms with Gasteiger partial charge in [-0.2, -0.15) is 0 Å². The normalized spacial score (nSPS) is 19.4. The average Bonchev–Trinajstić information content (AvgIpc) is 2.62. The van der Waals surface area contributed by atoms with Crippen molar-refractivity contribution in [1.29, 1.82) is 0 Å². The molecular weight excluding hydrogens is 382 g/mol. The molecule has 6 heteroatoms. The van der Waals surface area contributed by atoms with Crippen LogP contribution in [0.3, 0.4) is 0 Å². The summed E-state index contributed by atoms with van der Waals surface area (Å²) >= 11 is 5.85. The van der Waals surface area contributed by atoms with E-state index >= 15 is 0 Å². The first-order valence-electron chi connectivity index (χ1n) is 9.65. The molecule has 2 aromatic rings. The summed E-state index contributed by atoms with van der Waals surface area (Å²) in [5.74, 6) is -0.764. The molecule has 2 aliphatic rings. The minimum absolute atomic E-state index is 0.0428. The van der Waals surface area contributed by atoms with Gasteiger partial charge in [-0.3, -0.25) is 9.69 Å². The molecule has 148 valence electrons. The lowest BCUT2D eigenvalue weighted by Gasteiger charge is -2.53. The molecule has 1 amide bonds. The number of nitrogens with one attached hydrogen (secondary N) is 1. The number of halogens is 3. The van der Waals surface area contributed by atoms with Crippen molar-refractivity contribution >= 4 is 23.2 Å². The van der Waals surface area contributed by atoms with E-state index in [4.69, 9.17) is 11.6 Å². The van der Waals surface area contributed by atoms with Crippen LogP contribution in [-0.2, 0) is 11.3 Å². The van der Waals surface area contributed by atoms with Gasteiger partial charge in [-0.15, -0.1) is 0 Å². The molecule has 4 rings (SSSR count). The molecule has 0 unspecified atom stereocenters. The van der Waals surface area contributed by atoms with Gasteiger partial charge < -0.3 is 5.32 Å². The van der Waals surface area contributed by atoms with Crippen LogP contribution in [0.5, 0.6) is 0 Å². The summed E-state index contributed by atoms with van der Waals surface area (Å²) in [6.07, 6.45) is 3.74. The molecule has 1 saturated heterocycles. The molecule has 0 radical (unpaired) electrons. The Morgan fingerprint density at radius 3 is 2.39 bits per heavy atom. The van der Waals surface area contributed by atoms with Crippen LogP contribution in [0.1, 0.15) is 31.2 Å². The fourth-order valence-electron chi connectivity index (χ4n) is 4.54. The summed E-state index contributed by atoms with van der Waals surface area (Å²) in [6.45, 7) is 2.89. The predicted octanol–water partition coefficient (Wildman–Crippen LogP) is 5.25. The summed E-state index contributed by atoms with van der Waals surface area (Å²) < 4.78 is 26.4. The Morgan fingerprint density at radius 1 is 1.07 bits per heavy atom. The number of likely N-dealkylation sites (tertiary alicyclic amines) is 1. The zero-order chi connectivity index (χ0) is 19.7. The van der Waals surface area contributed by atoms with E-state index in [0.717, 1.165) is 50.9 Å². The second-order valence-corrected chi connectivity index (χ2v) is 8.63. The average molecular weight is 405 g/mol. The summed E-state index contributed by atoms with van der Waals surface area (Å²) in [6, 6.07) is 10.7. The molecule has 3 nitrogen and oxygen atoms in total. The van der Waals surface area contributed by atoms with Crippen LogP contribution in [0.4, 0.5) is 14.5 Å². The Labute approximate surface area is 168 Å². The van der Waals surface area contributed by atoms with Crippen molar-refractivity contribution in [3.8, 4) is 0 Å². The first-order chi connectivity index (χ1) is 13.4. The number of hydrogen-bond donors (Lipinski definition) is 1. The van der Waals surface area contributed by atoms with Gasteiger partial charge in [0.25, 0.3) is 0 Å². The van der Waals surface area contributed by atoms with Crippen LogP contribution in [-0.4, -0.2) is 23.9 Å². The maximum atomic E-state index is 13.4. The van der Waals surface area contributed by atoms with E-state index in [0.29, 0.717) is 11.1 Å². The van der Waals surface area contributed by atoms with Crippen LogP contribution in [0.2, 0.25) is 5.02 Å². The fraction of sp³-hybridized carbons (Fsp3) is 0.409. The van der Waals surface area contributed by atoms with Crippen molar-refractivity contribution in [3.05, 3.63) is 64.7 Å². The monoisotopic (exact) mass is 404 g/mol. The van der Waals surface area contributed by atoms with Crippen LogP contribution in [0.15, 0.2) is 42.5 Å². The number of amides is 1. The van der Waals surface area contributed by atoms with Gasteiger partial charge in [0.1, 0.15) is 11.6 Å². The molecule has 2 fully saturated rings. The third-order valence-electron chi connectivity index (χ3n) is 5.98. The van der Waals surface area contributed by atoms with E-state index in [9.17, 15) is 13.6 Å². The van der Waals surface area contributed by atoms with Crippen molar-refractivity contribution in [2.45, 2.75) is 32.2 Å². The number of hydrogen-bond acceptors (Lipinski definition) is 2. The van der Waals surface area contributed by atoms with Gasteiger partial charge in [0.2, 0.25) is 5.91 Å². The molecule has 28 heavy (non-hydrogen) atoms. The topological polar surface area (TPSA) is 32.3 Å². The quantitative estimate of drug-likeness (QED) is 0.754. The van der Waals surface area contributed by atoms with Crippen molar-refractivity contribution in [2.75, 3.05) is 18.4 Å².